The van der Waals surface area contributed by atoms with Crippen LogP contribution in [0.25, 0.3) is 39.0 Å². The standard InChI is InChI=1S/C42H34N6O/c1-41(2)25-13-8-10-15-28(25)46-35-21-23(43(3)4)20-30-31-22-32(44(5)6)36-24-12-7-9-14-27(24)45-29-16-11-17-33-37(29)42(47(30)35,48(31)40(36)45)38-34(49-33)19-18-26(41)39(38)46/h7-22H,1-6H3/q+2. The molecule has 8 heterocycles. The van der Waals surface area contributed by atoms with Gasteiger partial charge in [-0.05, 0) is 36.4 Å². The minimum Gasteiger partial charge on any atom is -0.456 e. The van der Waals surface area contributed by atoms with E-state index in [2.05, 4.69) is 168 Å². The van der Waals surface area contributed by atoms with Crippen LogP contribution in [-0.2, 0) is 11.1 Å². The van der Waals surface area contributed by atoms with Crippen molar-refractivity contribution in [2.45, 2.75) is 24.9 Å². The molecular weight excluding hydrogens is 605 g/mol. The highest BCUT2D eigenvalue weighted by atomic mass is 16.5. The summed E-state index contributed by atoms with van der Waals surface area (Å²) >= 11 is 0. The maximum absolute atomic E-state index is 7.07. The summed E-state index contributed by atoms with van der Waals surface area (Å²) in [7, 11) is 8.65. The molecule has 12 rings (SSSR count). The smallest absolute Gasteiger partial charge is 0.323 e. The summed E-state index contributed by atoms with van der Waals surface area (Å²) in [5.74, 6) is 2.98. The van der Waals surface area contributed by atoms with Crippen molar-refractivity contribution >= 4 is 50.5 Å². The van der Waals surface area contributed by atoms with Crippen LogP contribution in [-0.4, -0.2) is 32.8 Å². The maximum atomic E-state index is 7.07. The van der Waals surface area contributed by atoms with E-state index in [0.29, 0.717) is 0 Å². The zero-order valence-electron chi connectivity index (χ0n) is 28.3. The summed E-state index contributed by atoms with van der Waals surface area (Å²) in [6.45, 7) is 4.75. The molecule has 7 aromatic rings. The summed E-state index contributed by atoms with van der Waals surface area (Å²) in [6.07, 6.45) is 0. The van der Waals surface area contributed by atoms with E-state index in [9.17, 15) is 0 Å². The van der Waals surface area contributed by atoms with Gasteiger partial charge in [0.25, 0.3) is 5.82 Å². The second-order valence-electron chi connectivity index (χ2n) is 15.1. The van der Waals surface area contributed by atoms with E-state index in [0.717, 1.165) is 17.3 Å². The molecule has 0 fully saturated rings. The number of hydrogen-bond acceptors (Lipinski definition) is 4. The van der Waals surface area contributed by atoms with E-state index in [1.165, 1.54) is 84.0 Å². The number of hydrogen-bond donors (Lipinski definition) is 0. The van der Waals surface area contributed by atoms with Crippen molar-refractivity contribution in [2.75, 3.05) is 42.9 Å². The van der Waals surface area contributed by atoms with E-state index in [4.69, 9.17) is 4.74 Å². The third-order valence-corrected chi connectivity index (χ3v) is 12.0. The van der Waals surface area contributed by atoms with E-state index < -0.39 is 5.66 Å². The Labute approximate surface area is 284 Å². The van der Waals surface area contributed by atoms with Crippen molar-refractivity contribution in [3.8, 4) is 28.6 Å². The number of fused-ring (bicyclic) bond motifs is 8. The van der Waals surface area contributed by atoms with Gasteiger partial charge >= 0.3 is 11.3 Å². The zero-order valence-corrected chi connectivity index (χ0v) is 28.3. The Kier molecular flexibility index (Phi) is 4.22. The Morgan fingerprint density at radius 2 is 1.43 bits per heavy atom. The predicted molar refractivity (Wildman–Crippen MR) is 194 cm³/mol. The first-order valence-corrected chi connectivity index (χ1v) is 17.1. The molecule has 5 aliphatic rings. The van der Waals surface area contributed by atoms with Gasteiger partial charge in [-0.3, -0.25) is 0 Å². The Bertz CT molecular complexity index is 2750. The lowest BCUT2D eigenvalue weighted by molar-refractivity contribution is -0.925. The minimum atomic E-state index is -0.706. The number of anilines is 5. The molecule has 1 atom stereocenters. The van der Waals surface area contributed by atoms with E-state index in [1.54, 1.807) is 0 Å². The molecule has 5 aliphatic heterocycles. The monoisotopic (exact) mass is 638 g/mol. The molecule has 4 aromatic carbocycles. The topological polar surface area (TPSA) is 31.6 Å². The van der Waals surface area contributed by atoms with Crippen LogP contribution >= 0.6 is 0 Å². The van der Waals surface area contributed by atoms with Crippen LogP contribution in [0.5, 0.6) is 11.5 Å². The zero-order chi connectivity index (χ0) is 32.9. The molecule has 1 spiro atoms. The van der Waals surface area contributed by atoms with E-state index in [1.807, 2.05) is 0 Å². The predicted octanol–water partition coefficient (Wildman–Crippen LogP) is 7.61. The first-order chi connectivity index (χ1) is 23.7. The molecule has 3 aromatic heterocycles. The summed E-state index contributed by atoms with van der Waals surface area (Å²) in [6, 6.07) is 36.2. The molecule has 0 radical (unpaired) electrons. The minimum absolute atomic E-state index is 0.224. The lowest BCUT2D eigenvalue weighted by atomic mass is 9.70. The normalized spacial score (nSPS) is 18.4. The number of pyridine rings is 2. The van der Waals surface area contributed by atoms with Crippen molar-refractivity contribution < 1.29 is 13.9 Å². The molecule has 0 amide bonds. The molecule has 0 saturated carbocycles. The van der Waals surface area contributed by atoms with Crippen molar-refractivity contribution in [1.29, 1.82) is 0 Å². The number of para-hydroxylation sites is 2. The fourth-order valence-corrected chi connectivity index (χ4v) is 10.1. The van der Waals surface area contributed by atoms with Gasteiger partial charge in [-0.15, -0.1) is 0 Å². The molecule has 1 unspecified atom stereocenters. The third kappa shape index (κ3) is 2.56. The van der Waals surface area contributed by atoms with Gasteiger partial charge in [-0.2, -0.15) is 18.6 Å². The van der Waals surface area contributed by atoms with Crippen molar-refractivity contribution in [1.82, 2.24) is 4.57 Å². The van der Waals surface area contributed by atoms with Gasteiger partial charge in [-0.1, -0.05) is 56.3 Å². The fraction of sp³-hybridized carbons (Fsp3) is 0.190. The Morgan fingerprint density at radius 1 is 0.673 bits per heavy atom. The van der Waals surface area contributed by atoms with Gasteiger partial charge in [0.05, 0.1) is 17.1 Å². The van der Waals surface area contributed by atoms with Crippen LogP contribution in [0.15, 0.2) is 97.1 Å². The molecular formula is C42H34N6O+2. The lowest BCUT2D eigenvalue weighted by Gasteiger charge is -2.46. The number of ether oxygens (including phenoxy) is 1. The van der Waals surface area contributed by atoms with Crippen LogP contribution in [0.3, 0.4) is 0 Å². The maximum Gasteiger partial charge on any atom is 0.323 e. The Morgan fingerprint density at radius 3 is 2.27 bits per heavy atom. The van der Waals surface area contributed by atoms with Crippen LogP contribution in [0.1, 0.15) is 36.1 Å². The van der Waals surface area contributed by atoms with Gasteiger partial charge in [0.1, 0.15) is 39.5 Å². The number of nitrogens with zero attached hydrogens (tertiary/aromatic N) is 6. The van der Waals surface area contributed by atoms with E-state index in [-0.39, 0.29) is 5.41 Å². The quantitative estimate of drug-likeness (QED) is 0.183. The largest absolute Gasteiger partial charge is 0.456 e. The second-order valence-corrected chi connectivity index (χ2v) is 15.1. The number of benzene rings is 4. The highest BCUT2D eigenvalue weighted by molar-refractivity contribution is 6.14. The lowest BCUT2D eigenvalue weighted by Crippen LogP contribution is -2.75. The highest BCUT2D eigenvalue weighted by Crippen LogP contribution is 2.64. The van der Waals surface area contributed by atoms with Gasteiger partial charge in [0, 0.05) is 67.9 Å². The first kappa shape index (κ1) is 26.2. The molecule has 0 aliphatic carbocycles. The number of aromatic nitrogens is 3. The fourth-order valence-electron chi connectivity index (χ4n) is 10.1. The van der Waals surface area contributed by atoms with Crippen molar-refractivity contribution in [3.05, 3.63) is 119 Å². The molecule has 0 saturated heterocycles. The van der Waals surface area contributed by atoms with Crippen LogP contribution in [0.4, 0.5) is 28.6 Å². The average molecular weight is 639 g/mol. The summed E-state index contributed by atoms with van der Waals surface area (Å²) in [4.78, 5) is 7.06. The third-order valence-electron chi connectivity index (χ3n) is 12.0. The van der Waals surface area contributed by atoms with Gasteiger partial charge < -0.3 is 14.5 Å². The SMILES string of the molecule is CN(C)c1cc2[n+]3c(c1)N1c4ccccc4C(C)(C)c4ccc5c(c41)C31c3c(cccc3-n3c4ccccc4c4c(N(C)C)cc-2[n+]1c43)O5. The van der Waals surface area contributed by atoms with Crippen molar-refractivity contribution in [3.63, 3.8) is 0 Å². The van der Waals surface area contributed by atoms with Gasteiger partial charge in [-0.25, -0.2) is 0 Å². The molecule has 0 bridgehead atoms. The summed E-state index contributed by atoms with van der Waals surface area (Å²) in [5.41, 5.74) is 14.9. The van der Waals surface area contributed by atoms with Crippen LogP contribution in [0, 0.1) is 0 Å². The molecule has 236 valence electrons. The van der Waals surface area contributed by atoms with Gasteiger partial charge in [0.2, 0.25) is 0 Å². The Balaban J connectivity index is 1.41. The summed E-state index contributed by atoms with van der Waals surface area (Å²) in [5, 5.41) is 2.52. The summed E-state index contributed by atoms with van der Waals surface area (Å²) < 4.78 is 14.9. The number of rotatable bonds is 2. The first-order valence-electron chi connectivity index (χ1n) is 17.1. The average Bonchev–Trinajstić information content (AvgIpc) is 3.59. The molecule has 0 N–H and O–H groups in total. The van der Waals surface area contributed by atoms with E-state index >= 15 is 0 Å². The molecule has 7 heteroatoms. The highest BCUT2D eigenvalue weighted by Gasteiger charge is 2.71. The second kappa shape index (κ2) is 7.90. The molecule has 7 nitrogen and oxygen atoms in total. The van der Waals surface area contributed by atoms with Gasteiger partial charge in [0.15, 0.2) is 17.1 Å². The van der Waals surface area contributed by atoms with Crippen LogP contribution < -0.4 is 28.6 Å². The molecule has 49 heavy (non-hydrogen) atoms. The van der Waals surface area contributed by atoms with Crippen LogP contribution in [0.2, 0.25) is 0 Å². The van der Waals surface area contributed by atoms with Crippen molar-refractivity contribution in [2.24, 2.45) is 0 Å². The Hall–Kier alpha value is -5.82.